The molecule has 1 saturated carbocycles. The lowest BCUT2D eigenvalue weighted by Gasteiger charge is -2.37. The number of hydrogen-bond donors (Lipinski definition) is 2. The summed E-state index contributed by atoms with van der Waals surface area (Å²) in [5.74, 6) is 0. The summed E-state index contributed by atoms with van der Waals surface area (Å²) in [5, 5.41) is 0. The Morgan fingerprint density at radius 1 is 1.33 bits per heavy atom. The molecule has 0 radical (unpaired) electrons. The summed E-state index contributed by atoms with van der Waals surface area (Å²) in [6.45, 7) is 0.699. The van der Waals surface area contributed by atoms with Crippen LogP contribution in [0.25, 0.3) is 0 Å². The normalized spacial score (nSPS) is 19.4. The fraction of sp³-hybridized carbons (Fsp3) is 0.706. The van der Waals surface area contributed by atoms with Crippen molar-refractivity contribution in [2.24, 2.45) is 11.5 Å². The zero-order valence-corrected chi connectivity index (χ0v) is 13.2. The van der Waals surface area contributed by atoms with E-state index in [-0.39, 0.29) is 11.6 Å². The van der Waals surface area contributed by atoms with Gasteiger partial charge in [-0.1, -0.05) is 25.3 Å². The predicted molar refractivity (Wildman–Crippen MR) is 86.0 cm³/mol. The molecule has 0 saturated heterocycles. The second-order valence-electron chi connectivity index (χ2n) is 6.15. The van der Waals surface area contributed by atoms with E-state index in [1.165, 1.54) is 24.8 Å². The molecule has 1 atom stereocenters. The van der Waals surface area contributed by atoms with E-state index in [4.69, 9.17) is 16.2 Å². The molecule has 1 aromatic heterocycles. The van der Waals surface area contributed by atoms with Crippen LogP contribution >= 0.6 is 0 Å². The third kappa shape index (κ3) is 4.02. The zero-order chi connectivity index (χ0) is 15.1. The number of methoxy groups -OCH3 is 1. The molecule has 118 valence electrons. The van der Waals surface area contributed by atoms with Crippen molar-refractivity contribution in [2.75, 3.05) is 13.7 Å². The molecule has 2 rings (SSSR count). The zero-order valence-electron chi connectivity index (χ0n) is 13.2. The summed E-state index contributed by atoms with van der Waals surface area (Å²) >= 11 is 0. The van der Waals surface area contributed by atoms with E-state index in [0.717, 1.165) is 37.8 Å². The summed E-state index contributed by atoms with van der Waals surface area (Å²) < 4.78 is 5.97. The van der Waals surface area contributed by atoms with Crippen LogP contribution < -0.4 is 11.5 Å². The van der Waals surface area contributed by atoms with Gasteiger partial charge in [0.1, 0.15) is 0 Å². The number of hydrogen-bond acceptors (Lipinski definition) is 4. The first-order chi connectivity index (χ1) is 10.2. The minimum Gasteiger partial charge on any atom is -0.373 e. The molecular formula is C17H29N3O. The number of nitrogens with zero attached hydrogens (tertiary/aromatic N) is 1. The summed E-state index contributed by atoms with van der Waals surface area (Å²) in [4.78, 5) is 4.60. The van der Waals surface area contributed by atoms with Gasteiger partial charge >= 0.3 is 0 Å². The largest absolute Gasteiger partial charge is 0.373 e. The second-order valence-corrected chi connectivity index (χ2v) is 6.15. The van der Waals surface area contributed by atoms with Gasteiger partial charge in [0, 0.05) is 37.0 Å². The van der Waals surface area contributed by atoms with Crippen molar-refractivity contribution in [1.29, 1.82) is 0 Å². The average molecular weight is 291 g/mol. The van der Waals surface area contributed by atoms with E-state index < -0.39 is 0 Å². The van der Waals surface area contributed by atoms with E-state index in [0.29, 0.717) is 6.54 Å². The lowest BCUT2D eigenvalue weighted by molar-refractivity contribution is -0.0455. The van der Waals surface area contributed by atoms with Crippen LogP contribution in [-0.2, 0) is 16.8 Å². The van der Waals surface area contributed by atoms with Crippen molar-refractivity contribution in [3.8, 4) is 0 Å². The van der Waals surface area contributed by atoms with Crippen molar-refractivity contribution >= 4 is 0 Å². The highest BCUT2D eigenvalue weighted by molar-refractivity contribution is 5.28. The van der Waals surface area contributed by atoms with Gasteiger partial charge in [-0.05, 0) is 38.3 Å². The van der Waals surface area contributed by atoms with Gasteiger partial charge in [0.2, 0.25) is 0 Å². The number of nitrogens with two attached hydrogens (primary N) is 2. The fourth-order valence-corrected chi connectivity index (χ4v) is 3.45. The Balaban J connectivity index is 2.19. The molecule has 21 heavy (non-hydrogen) atoms. The van der Waals surface area contributed by atoms with Crippen molar-refractivity contribution < 1.29 is 4.74 Å². The van der Waals surface area contributed by atoms with Crippen LogP contribution in [0.3, 0.4) is 0 Å². The van der Waals surface area contributed by atoms with Crippen molar-refractivity contribution in [3.63, 3.8) is 0 Å². The van der Waals surface area contributed by atoms with Crippen LogP contribution in [0.5, 0.6) is 0 Å². The van der Waals surface area contributed by atoms with Gasteiger partial charge in [-0.25, -0.2) is 0 Å². The average Bonchev–Trinajstić information content (AvgIpc) is 2.54. The maximum atomic E-state index is 6.24. The van der Waals surface area contributed by atoms with E-state index in [1.807, 2.05) is 19.4 Å². The summed E-state index contributed by atoms with van der Waals surface area (Å²) in [6, 6.07) is 4.31. The highest BCUT2D eigenvalue weighted by Gasteiger charge is 2.36. The Kier molecular flexibility index (Phi) is 6.15. The molecule has 4 N–H and O–H groups in total. The van der Waals surface area contributed by atoms with Gasteiger partial charge in [0.25, 0.3) is 0 Å². The summed E-state index contributed by atoms with van der Waals surface area (Å²) in [7, 11) is 1.83. The quantitative estimate of drug-likeness (QED) is 0.809. The maximum absolute atomic E-state index is 6.24. The Morgan fingerprint density at radius 3 is 2.76 bits per heavy atom. The van der Waals surface area contributed by atoms with Crippen LogP contribution in [0.4, 0.5) is 0 Å². The number of pyridine rings is 1. The molecule has 1 heterocycles. The molecule has 0 amide bonds. The lowest BCUT2D eigenvalue weighted by atomic mass is 9.78. The lowest BCUT2D eigenvalue weighted by Crippen LogP contribution is -2.34. The number of aromatic nitrogens is 1. The minimum atomic E-state index is -0.157. The molecule has 4 heteroatoms. The summed E-state index contributed by atoms with van der Waals surface area (Å²) in [5.41, 5.74) is 14.0. The standard InChI is InChI=1S/C17H29N3O/c1-21-17(9-3-2-4-10-17)15-8-6-12-20-16(15)13-14(19)7-5-11-18/h6,8,12,14H,2-5,7,9-11,13,18-19H2,1H3. The van der Waals surface area contributed by atoms with Crippen molar-refractivity contribution in [3.05, 3.63) is 29.6 Å². The van der Waals surface area contributed by atoms with Crippen LogP contribution in [0.2, 0.25) is 0 Å². The number of ether oxygens (including phenoxy) is 1. The predicted octanol–water partition coefficient (Wildman–Crippen LogP) is 2.50. The SMILES string of the molecule is COC1(c2cccnc2CC(N)CCCN)CCCCC1. The highest BCUT2D eigenvalue weighted by Crippen LogP contribution is 2.41. The molecule has 1 aromatic rings. The Bertz CT molecular complexity index is 430. The minimum absolute atomic E-state index is 0.125. The van der Waals surface area contributed by atoms with Crippen molar-refractivity contribution in [1.82, 2.24) is 4.98 Å². The second kappa shape index (κ2) is 7.87. The van der Waals surface area contributed by atoms with Crippen LogP contribution in [0, 0.1) is 0 Å². The third-order valence-electron chi connectivity index (χ3n) is 4.67. The van der Waals surface area contributed by atoms with E-state index in [2.05, 4.69) is 11.1 Å². The van der Waals surface area contributed by atoms with E-state index in [1.54, 1.807) is 0 Å². The molecule has 0 bridgehead atoms. The molecule has 1 fully saturated rings. The summed E-state index contributed by atoms with van der Waals surface area (Å²) in [6.07, 6.45) is 10.5. The third-order valence-corrected chi connectivity index (χ3v) is 4.67. The molecule has 0 spiro atoms. The smallest absolute Gasteiger partial charge is 0.0945 e. The van der Waals surface area contributed by atoms with Gasteiger partial charge < -0.3 is 16.2 Å². The Labute approximate surface area is 128 Å². The van der Waals surface area contributed by atoms with Crippen LogP contribution in [0.15, 0.2) is 18.3 Å². The Hall–Kier alpha value is -0.970. The maximum Gasteiger partial charge on any atom is 0.0945 e. The van der Waals surface area contributed by atoms with Gasteiger partial charge in [0.15, 0.2) is 0 Å². The molecule has 0 aromatic carbocycles. The van der Waals surface area contributed by atoms with Crippen LogP contribution in [0.1, 0.15) is 56.2 Å². The Morgan fingerprint density at radius 2 is 2.10 bits per heavy atom. The molecular weight excluding hydrogens is 262 g/mol. The van der Waals surface area contributed by atoms with Crippen molar-refractivity contribution in [2.45, 2.75) is 63.0 Å². The first-order valence-electron chi connectivity index (χ1n) is 8.17. The van der Waals surface area contributed by atoms with Gasteiger partial charge in [-0.3, -0.25) is 4.98 Å². The highest BCUT2D eigenvalue weighted by atomic mass is 16.5. The molecule has 1 unspecified atom stereocenters. The van der Waals surface area contributed by atoms with Gasteiger partial charge in [0.05, 0.1) is 5.60 Å². The first kappa shape index (κ1) is 16.4. The van der Waals surface area contributed by atoms with Crippen LogP contribution in [-0.4, -0.2) is 24.7 Å². The monoisotopic (exact) mass is 291 g/mol. The first-order valence-corrected chi connectivity index (χ1v) is 8.17. The molecule has 4 nitrogen and oxygen atoms in total. The van der Waals surface area contributed by atoms with Gasteiger partial charge in [-0.15, -0.1) is 0 Å². The fourth-order valence-electron chi connectivity index (χ4n) is 3.45. The molecule has 1 aliphatic rings. The molecule has 0 aliphatic heterocycles. The van der Waals surface area contributed by atoms with E-state index >= 15 is 0 Å². The topological polar surface area (TPSA) is 74.2 Å². The molecule has 1 aliphatic carbocycles. The van der Waals surface area contributed by atoms with Gasteiger partial charge in [-0.2, -0.15) is 0 Å². The van der Waals surface area contributed by atoms with E-state index in [9.17, 15) is 0 Å². The number of rotatable bonds is 7.